The molecule has 2 aliphatic rings. The van der Waals surface area contributed by atoms with Crippen LogP contribution in [0.3, 0.4) is 0 Å². The molecule has 3 heterocycles. The summed E-state index contributed by atoms with van der Waals surface area (Å²) in [6.07, 6.45) is 8.01. The van der Waals surface area contributed by atoms with Crippen molar-refractivity contribution in [1.29, 1.82) is 0 Å². The number of carbonyl (C=O) groups excluding carboxylic acids is 2. The van der Waals surface area contributed by atoms with Gasteiger partial charge in [0, 0.05) is 56.5 Å². The number of aromatic nitrogens is 5. The van der Waals surface area contributed by atoms with Crippen molar-refractivity contribution in [2.24, 2.45) is 5.41 Å². The second-order valence-electron chi connectivity index (χ2n) is 10.8. The number of hydrogen-bond acceptors (Lipinski definition) is 6. The van der Waals surface area contributed by atoms with Gasteiger partial charge < -0.3 is 19.9 Å². The van der Waals surface area contributed by atoms with E-state index in [1.54, 1.807) is 10.9 Å². The van der Waals surface area contributed by atoms with Crippen LogP contribution >= 0.6 is 0 Å². The maximum Gasteiger partial charge on any atom is 0.248 e. The fourth-order valence-corrected chi connectivity index (χ4v) is 4.83. The lowest BCUT2D eigenvalue weighted by atomic mass is 9.85. The number of hydrogen-bond donors (Lipinski definition) is 2. The van der Waals surface area contributed by atoms with Crippen LogP contribution in [0, 0.1) is 5.41 Å². The molecule has 0 spiro atoms. The van der Waals surface area contributed by atoms with E-state index >= 15 is 0 Å². The Kier molecular flexibility index (Phi) is 6.80. The number of aliphatic hydroxyl groups excluding tert-OH is 1. The van der Waals surface area contributed by atoms with E-state index in [4.69, 9.17) is 0 Å². The molecular formula is C24H37N7O3. The molecule has 3 unspecified atom stereocenters. The van der Waals surface area contributed by atoms with E-state index in [1.807, 2.05) is 51.6 Å². The molecule has 34 heavy (non-hydrogen) atoms. The first-order valence-electron chi connectivity index (χ1n) is 12.3. The molecule has 0 radical (unpaired) electrons. The number of likely N-dealkylation sites (tertiary alicyclic amines) is 1. The van der Waals surface area contributed by atoms with Gasteiger partial charge >= 0.3 is 0 Å². The SMILES string of the molecule is CCc1nccn1CC(C)NC(=O)C1CC(O)CN1C(=O)[C@H](n1cc(C2CC2)nn1)C(C)(C)C. The first-order valence-corrected chi connectivity index (χ1v) is 12.3. The molecule has 2 amide bonds. The summed E-state index contributed by atoms with van der Waals surface area (Å²) >= 11 is 0. The first-order chi connectivity index (χ1) is 16.1. The van der Waals surface area contributed by atoms with Gasteiger partial charge in [0.15, 0.2) is 0 Å². The first kappa shape index (κ1) is 24.4. The van der Waals surface area contributed by atoms with E-state index < -0.39 is 23.6 Å². The molecule has 2 fully saturated rings. The predicted molar refractivity (Wildman–Crippen MR) is 126 cm³/mol. The second kappa shape index (κ2) is 9.48. The third kappa shape index (κ3) is 5.16. The van der Waals surface area contributed by atoms with E-state index in [1.165, 1.54) is 4.90 Å². The summed E-state index contributed by atoms with van der Waals surface area (Å²) in [5.74, 6) is 0.926. The molecule has 4 atom stereocenters. The smallest absolute Gasteiger partial charge is 0.248 e. The molecule has 2 aromatic rings. The van der Waals surface area contributed by atoms with Crippen LogP contribution in [0.5, 0.6) is 0 Å². The molecule has 2 aromatic heterocycles. The van der Waals surface area contributed by atoms with E-state index in [2.05, 4.69) is 20.6 Å². The zero-order chi connectivity index (χ0) is 24.6. The minimum Gasteiger partial charge on any atom is -0.391 e. The lowest BCUT2D eigenvalue weighted by Crippen LogP contribution is -2.52. The Labute approximate surface area is 200 Å². The molecule has 0 bridgehead atoms. The van der Waals surface area contributed by atoms with Gasteiger partial charge in [-0.05, 0) is 25.2 Å². The molecule has 186 valence electrons. The lowest BCUT2D eigenvalue weighted by Gasteiger charge is -2.34. The molecule has 1 saturated carbocycles. The summed E-state index contributed by atoms with van der Waals surface area (Å²) in [6, 6.07) is -1.50. The molecular weight excluding hydrogens is 434 g/mol. The maximum absolute atomic E-state index is 13.8. The third-order valence-corrected chi connectivity index (χ3v) is 6.68. The van der Waals surface area contributed by atoms with Crippen LogP contribution in [0.2, 0.25) is 0 Å². The number of amides is 2. The third-order valence-electron chi connectivity index (χ3n) is 6.68. The number of imidazole rings is 1. The normalized spacial score (nSPS) is 22.6. The van der Waals surface area contributed by atoms with Gasteiger partial charge in [0.05, 0.1) is 11.8 Å². The second-order valence-corrected chi connectivity index (χ2v) is 10.8. The van der Waals surface area contributed by atoms with Crippen molar-refractivity contribution in [2.45, 2.75) is 97.0 Å². The highest BCUT2D eigenvalue weighted by Gasteiger charge is 2.45. The predicted octanol–water partition coefficient (Wildman–Crippen LogP) is 1.67. The summed E-state index contributed by atoms with van der Waals surface area (Å²) in [5, 5.41) is 22.0. The van der Waals surface area contributed by atoms with Gasteiger partial charge in [-0.3, -0.25) is 9.59 Å². The van der Waals surface area contributed by atoms with E-state index in [0.29, 0.717) is 12.5 Å². The molecule has 1 aliphatic carbocycles. The molecule has 10 nitrogen and oxygen atoms in total. The van der Waals surface area contributed by atoms with Crippen LogP contribution in [0.1, 0.15) is 77.4 Å². The minimum absolute atomic E-state index is 0.129. The van der Waals surface area contributed by atoms with Gasteiger partial charge in [0.1, 0.15) is 17.9 Å². The van der Waals surface area contributed by atoms with E-state index in [9.17, 15) is 14.7 Å². The van der Waals surface area contributed by atoms with Gasteiger partial charge in [0.2, 0.25) is 11.8 Å². The highest BCUT2D eigenvalue weighted by atomic mass is 16.3. The van der Waals surface area contributed by atoms with E-state index in [0.717, 1.165) is 30.8 Å². The Morgan fingerprint density at radius 2 is 2.03 bits per heavy atom. The minimum atomic E-state index is -0.742. The molecule has 2 N–H and O–H groups in total. The van der Waals surface area contributed by atoms with Gasteiger partial charge in [-0.2, -0.15) is 0 Å². The largest absolute Gasteiger partial charge is 0.391 e. The Hall–Kier alpha value is -2.75. The molecule has 1 saturated heterocycles. The summed E-state index contributed by atoms with van der Waals surface area (Å²) in [7, 11) is 0. The van der Waals surface area contributed by atoms with Gasteiger partial charge in [0.25, 0.3) is 0 Å². The standard InChI is InChI=1S/C24H37N7O3/c1-6-20-25-9-10-29(20)12-15(2)26-22(33)19-11-17(32)13-30(19)23(34)21(24(3,4)5)31-14-18(27-28-31)16-7-8-16/h9-10,14-17,19,21,32H,6-8,11-13H2,1-5H3,(H,26,33)/t15?,17?,19?,21-/m0/s1. The van der Waals surface area contributed by atoms with Crippen molar-refractivity contribution >= 4 is 11.8 Å². The summed E-state index contributed by atoms with van der Waals surface area (Å²) in [4.78, 5) is 32.9. The van der Waals surface area contributed by atoms with Crippen LogP contribution in [0.4, 0.5) is 0 Å². The Morgan fingerprint density at radius 3 is 2.68 bits per heavy atom. The van der Waals surface area contributed by atoms with Crippen LogP contribution in [0.25, 0.3) is 0 Å². The van der Waals surface area contributed by atoms with Crippen LogP contribution < -0.4 is 5.32 Å². The molecule has 0 aromatic carbocycles. The topological polar surface area (TPSA) is 118 Å². The fraction of sp³-hybridized carbons (Fsp3) is 0.708. The van der Waals surface area contributed by atoms with Crippen molar-refractivity contribution < 1.29 is 14.7 Å². The quantitative estimate of drug-likeness (QED) is 0.605. The number of aliphatic hydroxyl groups is 1. The summed E-state index contributed by atoms with van der Waals surface area (Å²) in [5.41, 5.74) is 0.461. The Balaban J connectivity index is 1.49. The summed E-state index contributed by atoms with van der Waals surface area (Å²) < 4.78 is 3.67. The molecule has 1 aliphatic heterocycles. The average Bonchev–Trinajstić information content (AvgIpc) is 3.14. The van der Waals surface area contributed by atoms with Crippen LogP contribution in [-0.4, -0.2) is 71.1 Å². The Morgan fingerprint density at radius 1 is 1.29 bits per heavy atom. The number of nitrogens with zero attached hydrogens (tertiary/aromatic N) is 6. The highest BCUT2D eigenvalue weighted by Crippen LogP contribution is 2.40. The van der Waals surface area contributed by atoms with Gasteiger partial charge in [-0.1, -0.05) is 32.9 Å². The number of β-amino-alcohol motifs (C(OH)–C–C–N with tert-alkyl or cyclic N) is 1. The number of rotatable bonds is 8. The number of carbonyl (C=O) groups is 2. The van der Waals surface area contributed by atoms with Crippen molar-refractivity contribution in [1.82, 2.24) is 34.8 Å². The van der Waals surface area contributed by atoms with Crippen LogP contribution in [-0.2, 0) is 22.6 Å². The van der Waals surface area contributed by atoms with Crippen LogP contribution in [0.15, 0.2) is 18.6 Å². The van der Waals surface area contributed by atoms with Crippen molar-refractivity contribution in [3.63, 3.8) is 0 Å². The van der Waals surface area contributed by atoms with Crippen molar-refractivity contribution in [3.05, 3.63) is 30.1 Å². The van der Waals surface area contributed by atoms with Gasteiger partial charge in [-0.15, -0.1) is 5.10 Å². The fourth-order valence-electron chi connectivity index (χ4n) is 4.83. The summed E-state index contributed by atoms with van der Waals surface area (Å²) in [6.45, 7) is 10.6. The van der Waals surface area contributed by atoms with E-state index in [-0.39, 0.29) is 30.8 Å². The zero-order valence-corrected chi connectivity index (χ0v) is 20.8. The molecule has 4 rings (SSSR count). The van der Waals surface area contributed by atoms with Crippen molar-refractivity contribution in [2.75, 3.05) is 6.54 Å². The molecule has 10 heteroatoms. The average molecular weight is 472 g/mol. The number of nitrogens with one attached hydrogen (secondary N) is 1. The Bertz CT molecular complexity index is 1020. The maximum atomic E-state index is 13.8. The highest BCUT2D eigenvalue weighted by molar-refractivity contribution is 5.90. The number of aryl methyl sites for hydroxylation is 1. The zero-order valence-electron chi connectivity index (χ0n) is 20.8. The van der Waals surface area contributed by atoms with Gasteiger partial charge in [-0.25, -0.2) is 9.67 Å². The van der Waals surface area contributed by atoms with Crippen molar-refractivity contribution in [3.8, 4) is 0 Å². The lowest BCUT2D eigenvalue weighted by molar-refractivity contribution is -0.144. The monoisotopic (exact) mass is 471 g/mol.